The van der Waals surface area contributed by atoms with Crippen molar-refractivity contribution >= 4 is 61.4 Å². The largest absolute Gasteiger partial charge is 0.397 e. The zero-order chi connectivity index (χ0) is 15.0. The molecule has 3 N–H and O–H groups in total. The van der Waals surface area contributed by atoms with E-state index in [1.165, 1.54) is 11.3 Å². The molecule has 0 aliphatic rings. The summed E-state index contributed by atoms with van der Waals surface area (Å²) in [6.07, 6.45) is 1.73. The number of aromatic nitrogens is 1. The first-order valence-corrected chi connectivity index (χ1v) is 8.16. The van der Waals surface area contributed by atoms with E-state index in [0.717, 1.165) is 25.0 Å². The average Bonchev–Trinajstić information content (AvgIpc) is 2.80. The topological polar surface area (TPSA) is 68.0 Å². The van der Waals surface area contributed by atoms with E-state index in [4.69, 9.17) is 5.73 Å². The molecular weight excluding hydrogens is 397 g/mol. The maximum atomic E-state index is 12.4. The van der Waals surface area contributed by atoms with Gasteiger partial charge in [-0.3, -0.25) is 4.79 Å². The van der Waals surface area contributed by atoms with Crippen LogP contribution in [-0.2, 0) is 0 Å². The minimum atomic E-state index is -0.198. The number of nitrogens with zero attached hydrogens (tertiary/aromatic N) is 1. The highest BCUT2D eigenvalue weighted by Crippen LogP contribution is 2.34. The summed E-state index contributed by atoms with van der Waals surface area (Å²) in [6.45, 7) is 1.97. The maximum absolute atomic E-state index is 12.4. The second-order valence-electron chi connectivity index (χ2n) is 4.61. The van der Waals surface area contributed by atoms with Crippen LogP contribution in [-0.4, -0.2) is 10.9 Å². The van der Waals surface area contributed by atoms with Crippen LogP contribution in [0.4, 0.5) is 11.4 Å². The smallest absolute Gasteiger partial charge is 0.267 e. The minimum absolute atomic E-state index is 0.198. The zero-order valence-electron chi connectivity index (χ0n) is 11.2. The van der Waals surface area contributed by atoms with E-state index in [-0.39, 0.29) is 5.91 Å². The quantitative estimate of drug-likeness (QED) is 0.628. The van der Waals surface area contributed by atoms with Crippen LogP contribution < -0.4 is 11.1 Å². The Labute approximate surface area is 139 Å². The van der Waals surface area contributed by atoms with E-state index in [1.54, 1.807) is 6.20 Å². The van der Waals surface area contributed by atoms with Crippen molar-refractivity contribution < 1.29 is 4.79 Å². The first-order chi connectivity index (χ1) is 10.1. The van der Waals surface area contributed by atoms with Crippen LogP contribution in [0.5, 0.6) is 0 Å². The predicted molar refractivity (Wildman–Crippen MR) is 95.9 cm³/mol. The zero-order valence-corrected chi connectivity index (χ0v) is 14.2. The van der Waals surface area contributed by atoms with Gasteiger partial charge in [-0.05, 0) is 65.4 Å². The fourth-order valence-corrected chi connectivity index (χ4v) is 3.49. The number of nitrogen functional groups attached to an aromatic ring is 1. The normalized spacial score (nSPS) is 10.8. The molecule has 0 radical (unpaired) electrons. The van der Waals surface area contributed by atoms with Crippen LogP contribution in [0.2, 0.25) is 0 Å². The molecule has 6 heteroatoms. The molecule has 2 aromatic heterocycles. The fourth-order valence-electron chi connectivity index (χ4n) is 2.09. The van der Waals surface area contributed by atoms with Crippen LogP contribution in [0, 0.1) is 10.5 Å². The molecule has 0 unspecified atom stereocenters. The molecule has 0 aliphatic carbocycles. The number of nitrogens with two attached hydrogens (primary N) is 1. The summed E-state index contributed by atoms with van der Waals surface area (Å²) in [5, 5.41) is 3.74. The molecule has 21 heavy (non-hydrogen) atoms. The third-order valence-electron chi connectivity index (χ3n) is 3.15. The third kappa shape index (κ3) is 2.73. The summed E-state index contributed by atoms with van der Waals surface area (Å²) >= 11 is 3.54. The second kappa shape index (κ2) is 5.61. The molecule has 0 spiro atoms. The Balaban J connectivity index is 1.96. The molecule has 2 heterocycles. The number of pyridine rings is 1. The number of thiophene rings is 1. The van der Waals surface area contributed by atoms with Gasteiger partial charge in [-0.1, -0.05) is 0 Å². The van der Waals surface area contributed by atoms with Crippen molar-refractivity contribution in [2.75, 3.05) is 11.1 Å². The number of hydrogen-bond donors (Lipinski definition) is 2. The lowest BCUT2D eigenvalue weighted by Crippen LogP contribution is -2.11. The molecule has 0 saturated carbocycles. The number of benzene rings is 1. The molecule has 3 rings (SSSR count). The lowest BCUT2D eigenvalue weighted by Gasteiger charge is -2.04. The van der Waals surface area contributed by atoms with Crippen molar-refractivity contribution in [3.05, 3.63) is 50.5 Å². The van der Waals surface area contributed by atoms with Crippen molar-refractivity contribution in [2.45, 2.75) is 6.92 Å². The number of nitrogens with one attached hydrogen (secondary N) is 1. The van der Waals surface area contributed by atoms with E-state index in [0.29, 0.717) is 10.6 Å². The number of hydrogen-bond acceptors (Lipinski definition) is 4. The molecule has 0 fully saturated rings. The number of carbonyl (C=O) groups is 1. The van der Waals surface area contributed by atoms with Crippen LogP contribution >= 0.6 is 33.9 Å². The molecule has 0 bridgehead atoms. The molecule has 106 valence electrons. The molecule has 0 saturated heterocycles. The predicted octanol–water partition coefficient (Wildman–Crippen LogP) is 4.04. The Morgan fingerprint density at radius 1 is 1.29 bits per heavy atom. The first kappa shape index (κ1) is 14.3. The van der Waals surface area contributed by atoms with Crippen molar-refractivity contribution in [1.82, 2.24) is 4.98 Å². The summed E-state index contributed by atoms with van der Waals surface area (Å²) in [5.41, 5.74) is 8.41. The van der Waals surface area contributed by atoms with Crippen molar-refractivity contribution in [1.29, 1.82) is 0 Å². The van der Waals surface area contributed by atoms with Crippen molar-refractivity contribution in [3.63, 3.8) is 0 Å². The third-order valence-corrected chi connectivity index (χ3v) is 4.98. The first-order valence-electron chi connectivity index (χ1n) is 6.27. The Kier molecular flexibility index (Phi) is 3.81. The Morgan fingerprint density at radius 3 is 2.67 bits per heavy atom. The van der Waals surface area contributed by atoms with Gasteiger partial charge in [0.2, 0.25) is 0 Å². The minimum Gasteiger partial charge on any atom is -0.397 e. The summed E-state index contributed by atoms with van der Waals surface area (Å²) in [5.74, 6) is -0.198. The van der Waals surface area contributed by atoms with Crippen LogP contribution in [0.3, 0.4) is 0 Å². The van der Waals surface area contributed by atoms with Gasteiger partial charge in [-0.15, -0.1) is 11.3 Å². The van der Waals surface area contributed by atoms with E-state index < -0.39 is 0 Å². The number of rotatable bonds is 2. The Morgan fingerprint density at radius 2 is 2.00 bits per heavy atom. The lowest BCUT2D eigenvalue weighted by atomic mass is 10.1. The summed E-state index contributed by atoms with van der Waals surface area (Å²) in [6, 6.07) is 9.51. The van der Waals surface area contributed by atoms with Gasteiger partial charge in [0.1, 0.15) is 9.71 Å². The molecule has 1 aromatic carbocycles. The van der Waals surface area contributed by atoms with Gasteiger partial charge in [0.05, 0.1) is 5.69 Å². The molecule has 4 nitrogen and oxygen atoms in total. The van der Waals surface area contributed by atoms with Crippen LogP contribution in [0.15, 0.2) is 36.5 Å². The molecule has 0 atom stereocenters. The Hall–Kier alpha value is -1.67. The summed E-state index contributed by atoms with van der Waals surface area (Å²) < 4.78 is 1.12. The molecular formula is C15H12IN3OS. The summed E-state index contributed by atoms with van der Waals surface area (Å²) in [4.78, 5) is 18.0. The van der Waals surface area contributed by atoms with Gasteiger partial charge in [0, 0.05) is 20.8 Å². The standard InChI is InChI=1S/C15H12IN3OS/c1-8-6-7-18-15-11(8)12(17)13(21-15)14(20)19-10-4-2-9(16)3-5-10/h2-7H,17H2,1H3,(H,19,20). The number of halogens is 1. The van der Waals surface area contributed by atoms with Gasteiger partial charge in [0.15, 0.2) is 0 Å². The molecule has 3 aromatic rings. The van der Waals surface area contributed by atoms with Crippen molar-refractivity contribution in [2.24, 2.45) is 0 Å². The SMILES string of the molecule is Cc1ccnc2sc(C(=O)Nc3ccc(I)cc3)c(N)c12. The van der Waals surface area contributed by atoms with Gasteiger partial charge >= 0.3 is 0 Å². The van der Waals surface area contributed by atoms with E-state index >= 15 is 0 Å². The van der Waals surface area contributed by atoms with E-state index in [9.17, 15) is 4.79 Å². The number of fused-ring (bicyclic) bond motifs is 1. The van der Waals surface area contributed by atoms with E-state index in [1.807, 2.05) is 37.3 Å². The van der Waals surface area contributed by atoms with Gasteiger partial charge in [-0.25, -0.2) is 4.98 Å². The fraction of sp³-hybridized carbons (Fsp3) is 0.0667. The molecule has 1 amide bonds. The number of carbonyl (C=O) groups excluding carboxylic acids is 1. The van der Waals surface area contributed by atoms with Gasteiger partial charge < -0.3 is 11.1 Å². The highest BCUT2D eigenvalue weighted by Gasteiger charge is 2.18. The molecule has 0 aliphatic heterocycles. The average molecular weight is 409 g/mol. The maximum Gasteiger partial charge on any atom is 0.267 e. The number of anilines is 2. The lowest BCUT2D eigenvalue weighted by molar-refractivity contribution is 0.103. The van der Waals surface area contributed by atoms with Crippen molar-refractivity contribution in [3.8, 4) is 0 Å². The second-order valence-corrected chi connectivity index (χ2v) is 6.86. The number of aryl methyl sites for hydroxylation is 1. The summed E-state index contributed by atoms with van der Waals surface area (Å²) in [7, 11) is 0. The Bertz CT molecular complexity index is 827. The monoisotopic (exact) mass is 409 g/mol. The number of amides is 1. The van der Waals surface area contributed by atoms with Gasteiger partial charge in [-0.2, -0.15) is 0 Å². The highest BCUT2D eigenvalue weighted by molar-refractivity contribution is 14.1. The van der Waals surface area contributed by atoms with E-state index in [2.05, 4.69) is 32.9 Å². The van der Waals surface area contributed by atoms with Gasteiger partial charge in [0.25, 0.3) is 5.91 Å². The highest BCUT2D eigenvalue weighted by atomic mass is 127. The van der Waals surface area contributed by atoms with Crippen LogP contribution in [0.25, 0.3) is 10.2 Å². The van der Waals surface area contributed by atoms with Crippen LogP contribution in [0.1, 0.15) is 15.2 Å².